The van der Waals surface area contributed by atoms with Crippen molar-refractivity contribution in [3.05, 3.63) is 46.8 Å². The van der Waals surface area contributed by atoms with E-state index in [1.807, 2.05) is 22.8 Å². The van der Waals surface area contributed by atoms with Crippen LogP contribution in [0.4, 0.5) is 0 Å². The highest BCUT2D eigenvalue weighted by atomic mass is 32.1. The summed E-state index contributed by atoms with van der Waals surface area (Å²) in [6.45, 7) is 3.97. The Hall–Kier alpha value is -3.33. The maximum Gasteiger partial charge on any atom is 0.307 e. The maximum absolute atomic E-state index is 13.0. The van der Waals surface area contributed by atoms with Gasteiger partial charge < -0.3 is 23.5 Å². The summed E-state index contributed by atoms with van der Waals surface area (Å²) in [7, 11) is 1.35. The Bertz CT molecular complexity index is 1230. The fourth-order valence-corrected chi connectivity index (χ4v) is 4.48. The summed E-state index contributed by atoms with van der Waals surface area (Å²) in [4.78, 5) is 29.7. The van der Waals surface area contributed by atoms with Gasteiger partial charge in [-0.25, -0.2) is 0 Å². The van der Waals surface area contributed by atoms with Gasteiger partial charge in [-0.3, -0.25) is 9.59 Å². The van der Waals surface area contributed by atoms with Gasteiger partial charge in [-0.05, 0) is 24.6 Å². The van der Waals surface area contributed by atoms with Gasteiger partial charge in [0.25, 0.3) is 5.91 Å². The lowest BCUT2D eigenvalue weighted by Crippen LogP contribution is -2.19. The van der Waals surface area contributed by atoms with Crippen LogP contribution in [0.1, 0.15) is 36.5 Å². The highest BCUT2D eigenvalue weighted by molar-refractivity contribution is 7.16. The molecule has 0 spiro atoms. The molecule has 3 aromatic rings. The third-order valence-corrected chi connectivity index (χ3v) is 6.20. The summed E-state index contributed by atoms with van der Waals surface area (Å²) >= 11 is 1.36. The quantitative estimate of drug-likeness (QED) is 0.366. The average Bonchev–Trinajstić information content (AvgIpc) is 3.16. The summed E-state index contributed by atoms with van der Waals surface area (Å²) in [5.74, 6) is 1.21. The van der Waals surface area contributed by atoms with Crippen molar-refractivity contribution < 1.29 is 28.5 Å². The first-order chi connectivity index (χ1) is 16.1. The van der Waals surface area contributed by atoms with E-state index < -0.39 is 0 Å². The lowest BCUT2D eigenvalue weighted by molar-refractivity contribution is -0.140. The minimum atomic E-state index is -0.383. The number of methoxy groups -OCH3 is 1. The van der Waals surface area contributed by atoms with E-state index in [0.29, 0.717) is 54.0 Å². The molecule has 1 aliphatic rings. The number of aryl methyl sites for hydroxylation is 1. The molecule has 0 radical (unpaired) electrons. The molecule has 0 saturated carbocycles. The van der Waals surface area contributed by atoms with Gasteiger partial charge in [-0.2, -0.15) is 4.99 Å². The molecule has 0 N–H and O–H groups in total. The molecule has 0 aliphatic carbocycles. The lowest BCUT2D eigenvalue weighted by Gasteiger charge is -2.18. The molecule has 0 unspecified atom stereocenters. The van der Waals surface area contributed by atoms with Crippen LogP contribution in [0.5, 0.6) is 17.2 Å². The molecule has 2 aromatic carbocycles. The molecule has 8 nitrogen and oxygen atoms in total. The lowest BCUT2D eigenvalue weighted by atomic mass is 10.2. The van der Waals surface area contributed by atoms with E-state index in [1.54, 1.807) is 18.2 Å². The van der Waals surface area contributed by atoms with Gasteiger partial charge >= 0.3 is 5.97 Å². The Balaban J connectivity index is 1.71. The van der Waals surface area contributed by atoms with Crippen LogP contribution in [0.15, 0.2) is 41.4 Å². The second-order valence-corrected chi connectivity index (χ2v) is 8.48. The molecule has 4 rings (SSSR count). The molecule has 0 saturated heterocycles. The molecule has 1 amide bonds. The molecular formula is C24H26N2O6S. The normalized spacial score (nSPS) is 13.2. The minimum absolute atomic E-state index is 0.152. The van der Waals surface area contributed by atoms with Crippen LogP contribution >= 0.6 is 11.3 Å². The van der Waals surface area contributed by atoms with E-state index in [1.165, 1.54) is 18.4 Å². The van der Waals surface area contributed by atoms with Crippen molar-refractivity contribution in [1.82, 2.24) is 4.57 Å². The molecular weight excluding hydrogens is 444 g/mol. The summed E-state index contributed by atoms with van der Waals surface area (Å²) in [5, 5.41) is 0. The van der Waals surface area contributed by atoms with Crippen LogP contribution in [0.25, 0.3) is 10.2 Å². The molecule has 1 aliphatic heterocycles. The number of fused-ring (bicyclic) bond motifs is 2. The standard InChI is InChI=1S/C24H26N2O6S/c1-3-4-10-30-17-7-5-6-16(13-17)23(28)25-24-26(9-8-22(27)29-2)18-14-19-20(15-21(18)33-24)32-12-11-31-19/h5-7,13-15H,3-4,8-12H2,1-2H3. The zero-order chi connectivity index (χ0) is 23.2. The number of nitrogens with zero attached hydrogens (tertiary/aromatic N) is 2. The molecule has 0 atom stereocenters. The maximum atomic E-state index is 13.0. The molecule has 1 aromatic heterocycles. The van der Waals surface area contributed by atoms with Crippen LogP contribution in [0, 0.1) is 0 Å². The second-order valence-electron chi connectivity index (χ2n) is 7.47. The van der Waals surface area contributed by atoms with Crippen molar-refractivity contribution >= 4 is 33.4 Å². The predicted molar refractivity (Wildman–Crippen MR) is 124 cm³/mol. The number of esters is 1. The number of rotatable bonds is 8. The number of ether oxygens (including phenoxy) is 4. The Morgan fingerprint density at radius 3 is 2.70 bits per heavy atom. The fraction of sp³-hybridized carbons (Fsp3) is 0.375. The van der Waals surface area contributed by atoms with Gasteiger partial charge in [0, 0.05) is 24.2 Å². The minimum Gasteiger partial charge on any atom is -0.494 e. The van der Waals surface area contributed by atoms with Gasteiger partial charge in [-0.1, -0.05) is 30.7 Å². The highest BCUT2D eigenvalue weighted by Gasteiger charge is 2.18. The SMILES string of the molecule is CCCCOc1cccc(C(=O)N=c2sc3cc4c(cc3n2CCC(=O)OC)OCCO4)c1. The third-order valence-electron chi connectivity index (χ3n) is 5.16. The number of hydrogen-bond donors (Lipinski definition) is 0. The molecule has 0 bridgehead atoms. The predicted octanol–water partition coefficient (Wildman–Crippen LogP) is 3.96. The molecule has 2 heterocycles. The molecule has 0 fully saturated rings. The number of thiazole rings is 1. The number of carbonyl (C=O) groups excluding carboxylic acids is 2. The number of aromatic nitrogens is 1. The van der Waals surface area contributed by atoms with Gasteiger partial charge in [0.2, 0.25) is 0 Å². The summed E-state index contributed by atoms with van der Waals surface area (Å²) in [6.07, 6.45) is 2.13. The van der Waals surface area contributed by atoms with Crippen molar-refractivity contribution in [2.45, 2.75) is 32.7 Å². The molecule has 174 valence electrons. The van der Waals surface area contributed by atoms with E-state index in [0.717, 1.165) is 23.1 Å². The van der Waals surface area contributed by atoms with Crippen molar-refractivity contribution in [3.8, 4) is 17.2 Å². The zero-order valence-electron chi connectivity index (χ0n) is 18.7. The number of unbranched alkanes of at least 4 members (excludes halogenated alkanes) is 1. The van der Waals surface area contributed by atoms with Crippen molar-refractivity contribution in [1.29, 1.82) is 0 Å². The number of amides is 1. The van der Waals surface area contributed by atoms with E-state index >= 15 is 0 Å². The van der Waals surface area contributed by atoms with Crippen molar-refractivity contribution in [3.63, 3.8) is 0 Å². The summed E-state index contributed by atoms with van der Waals surface area (Å²) in [6, 6.07) is 10.8. The second kappa shape index (κ2) is 10.5. The van der Waals surface area contributed by atoms with E-state index in [-0.39, 0.29) is 18.3 Å². The van der Waals surface area contributed by atoms with Gasteiger partial charge in [0.1, 0.15) is 19.0 Å². The summed E-state index contributed by atoms with van der Waals surface area (Å²) in [5.41, 5.74) is 1.25. The number of carbonyl (C=O) groups is 2. The van der Waals surface area contributed by atoms with Crippen molar-refractivity contribution in [2.75, 3.05) is 26.9 Å². The zero-order valence-corrected chi connectivity index (χ0v) is 19.5. The van der Waals surface area contributed by atoms with Crippen LogP contribution in [-0.4, -0.2) is 43.4 Å². The van der Waals surface area contributed by atoms with Crippen LogP contribution < -0.4 is 19.0 Å². The first-order valence-corrected chi connectivity index (χ1v) is 11.7. The first kappa shape index (κ1) is 22.8. The Labute approximate surface area is 195 Å². The Kier molecular flexibility index (Phi) is 7.29. The topological polar surface area (TPSA) is 88.4 Å². The van der Waals surface area contributed by atoms with Gasteiger partial charge in [-0.15, -0.1) is 0 Å². The van der Waals surface area contributed by atoms with E-state index in [9.17, 15) is 9.59 Å². The third kappa shape index (κ3) is 5.36. The van der Waals surface area contributed by atoms with Crippen LogP contribution in [0.3, 0.4) is 0 Å². The smallest absolute Gasteiger partial charge is 0.307 e. The van der Waals surface area contributed by atoms with Crippen molar-refractivity contribution in [2.24, 2.45) is 4.99 Å². The van der Waals surface area contributed by atoms with Crippen LogP contribution in [0.2, 0.25) is 0 Å². The number of hydrogen-bond acceptors (Lipinski definition) is 7. The van der Waals surface area contributed by atoms with E-state index in [2.05, 4.69) is 11.9 Å². The fourth-order valence-electron chi connectivity index (χ4n) is 3.42. The van der Waals surface area contributed by atoms with E-state index in [4.69, 9.17) is 18.9 Å². The Morgan fingerprint density at radius 1 is 1.15 bits per heavy atom. The van der Waals surface area contributed by atoms with Gasteiger partial charge in [0.05, 0.1) is 30.4 Å². The average molecular weight is 471 g/mol. The largest absolute Gasteiger partial charge is 0.494 e. The monoisotopic (exact) mass is 470 g/mol. The molecule has 33 heavy (non-hydrogen) atoms. The van der Waals surface area contributed by atoms with Crippen LogP contribution in [-0.2, 0) is 16.1 Å². The number of benzene rings is 2. The highest BCUT2D eigenvalue weighted by Crippen LogP contribution is 2.35. The van der Waals surface area contributed by atoms with Gasteiger partial charge in [0.15, 0.2) is 16.3 Å². The first-order valence-electron chi connectivity index (χ1n) is 10.9. The summed E-state index contributed by atoms with van der Waals surface area (Å²) < 4.78 is 24.6. The molecule has 9 heteroatoms. The Morgan fingerprint density at radius 2 is 1.94 bits per heavy atom.